The van der Waals surface area contributed by atoms with Crippen LogP contribution in [0.25, 0.3) is 0 Å². The van der Waals surface area contributed by atoms with Gasteiger partial charge in [-0.05, 0) is 33.9 Å². The maximum atomic E-state index is 5.71. The molecule has 2 heterocycles. The van der Waals surface area contributed by atoms with Gasteiger partial charge in [0.1, 0.15) is 6.10 Å². The molecule has 2 unspecified atom stereocenters. The molecule has 0 radical (unpaired) electrons. The molecule has 0 amide bonds. The van der Waals surface area contributed by atoms with Crippen LogP contribution < -0.4 is 5.32 Å². The van der Waals surface area contributed by atoms with Crippen molar-refractivity contribution in [3.63, 3.8) is 0 Å². The van der Waals surface area contributed by atoms with Gasteiger partial charge in [0.25, 0.3) is 0 Å². The first-order valence-electron chi connectivity index (χ1n) is 4.91. The number of hydrogen-bond donors (Lipinski definition) is 1. The summed E-state index contributed by atoms with van der Waals surface area (Å²) >= 11 is 5.24. The number of rotatable bonds is 3. The van der Waals surface area contributed by atoms with E-state index < -0.39 is 0 Å². The van der Waals surface area contributed by atoms with E-state index in [1.807, 2.05) is 7.05 Å². The topological polar surface area (TPSA) is 30.5 Å². The van der Waals surface area contributed by atoms with Crippen molar-refractivity contribution in [1.82, 2.24) is 5.32 Å². The Kier molecular flexibility index (Phi) is 4.16. The van der Waals surface area contributed by atoms with E-state index in [4.69, 9.17) is 9.47 Å². The van der Waals surface area contributed by atoms with Crippen LogP contribution in [0.1, 0.15) is 11.6 Å². The molecule has 5 heteroatoms. The summed E-state index contributed by atoms with van der Waals surface area (Å²) in [6.07, 6.45) is 0.106. The van der Waals surface area contributed by atoms with Gasteiger partial charge in [-0.15, -0.1) is 0 Å². The maximum absolute atomic E-state index is 5.71. The molecule has 0 bridgehead atoms. The summed E-state index contributed by atoms with van der Waals surface area (Å²) in [6.45, 7) is 2.05. The van der Waals surface area contributed by atoms with Gasteiger partial charge in [-0.1, -0.05) is 0 Å². The fourth-order valence-corrected chi connectivity index (χ4v) is 3.33. The highest BCUT2D eigenvalue weighted by Crippen LogP contribution is 2.30. The van der Waals surface area contributed by atoms with Crippen LogP contribution in [0.4, 0.5) is 0 Å². The SMILES string of the molecule is CNC(c1cscc1Br)C1COCCO1. The minimum atomic E-state index is 0.106. The Morgan fingerprint density at radius 2 is 2.40 bits per heavy atom. The van der Waals surface area contributed by atoms with E-state index >= 15 is 0 Å². The van der Waals surface area contributed by atoms with Crippen molar-refractivity contribution in [3.8, 4) is 0 Å². The molecule has 15 heavy (non-hydrogen) atoms. The fourth-order valence-electron chi connectivity index (χ4n) is 1.75. The lowest BCUT2D eigenvalue weighted by Gasteiger charge is -2.30. The number of ether oxygens (including phenoxy) is 2. The Hall–Kier alpha value is 0.0600. The number of likely N-dealkylation sites (N-methyl/N-ethyl adjacent to an activating group) is 1. The second-order valence-electron chi connectivity index (χ2n) is 3.43. The van der Waals surface area contributed by atoms with E-state index in [-0.39, 0.29) is 12.1 Å². The number of halogens is 1. The van der Waals surface area contributed by atoms with Gasteiger partial charge in [-0.25, -0.2) is 0 Å². The van der Waals surface area contributed by atoms with Gasteiger partial charge in [0.05, 0.1) is 25.9 Å². The average molecular weight is 292 g/mol. The normalized spacial score (nSPS) is 24.0. The van der Waals surface area contributed by atoms with Crippen molar-refractivity contribution in [1.29, 1.82) is 0 Å². The lowest BCUT2D eigenvalue weighted by Crippen LogP contribution is -2.39. The first-order chi connectivity index (χ1) is 7.33. The van der Waals surface area contributed by atoms with Crippen molar-refractivity contribution in [2.45, 2.75) is 12.1 Å². The number of thiophene rings is 1. The van der Waals surface area contributed by atoms with Crippen LogP contribution in [-0.2, 0) is 9.47 Å². The standard InChI is InChI=1S/C10H14BrNO2S/c1-12-10(7-5-15-6-8(7)11)9-4-13-2-3-14-9/h5-6,9-10,12H,2-4H2,1H3. The average Bonchev–Trinajstić information content (AvgIpc) is 2.68. The molecule has 1 aromatic heterocycles. The molecule has 0 aromatic carbocycles. The lowest BCUT2D eigenvalue weighted by atomic mass is 10.1. The smallest absolute Gasteiger partial charge is 0.100 e. The van der Waals surface area contributed by atoms with Crippen molar-refractivity contribution in [2.75, 3.05) is 26.9 Å². The van der Waals surface area contributed by atoms with Gasteiger partial charge in [-0.2, -0.15) is 11.3 Å². The molecule has 84 valence electrons. The van der Waals surface area contributed by atoms with Gasteiger partial charge in [0.2, 0.25) is 0 Å². The van der Waals surface area contributed by atoms with Gasteiger partial charge in [0.15, 0.2) is 0 Å². The first-order valence-corrected chi connectivity index (χ1v) is 6.64. The molecule has 2 atom stereocenters. The molecule has 2 rings (SSSR count). The molecule has 1 saturated heterocycles. The minimum Gasteiger partial charge on any atom is -0.376 e. The van der Waals surface area contributed by atoms with Gasteiger partial charge >= 0.3 is 0 Å². The van der Waals surface area contributed by atoms with Gasteiger partial charge in [-0.3, -0.25) is 0 Å². The summed E-state index contributed by atoms with van der Waals surface area (Å²) < 4.78 is 12.3. The third-order valence-electron chi connectivity index (χ3n) is 2.50. The molecular formula is C10H14BrNO2S. The van der Waals surface area contributed by atoms with Crippen LogP contribution in [0, 0.1) is 0 Å². The van der Waals surface area contributed by atoms with E-state index in [2.05, 4.69) is 32.0 Å². The third kappa shape index (κ3) is 2.60. The number of nitrogens with one attached hydrogen (secondary N) is 1. The van der Waals surface area contributed by atoms with Crippen molar-refractivity contribution >= 4 is 27.3 Å². The van der Waals surface area contributed by atoms with E-state index in [9.17, 15) is 0 Å². The molecule has 1 fully saturated rings. The predicted molar refractivity (Wildman–Crippen MR) is 64.4 cm³/mol. The lowest BCUT2D eigenvalue weighted by molar-refractivity contribution is -0.101. The molecule has 1 N–H and O–H groups in total. The van der Waals surface area contributed by atoms with E-state index in [1.54, 1.807) is 11.3 Å². The van der Waals surface area contributed by atoms with E-state index in [0.29, 0.717) is 19.8 Å². The van der Waals surface area contributed by atoms with Crippen LogP contribution >= 0.6 is 27.3 Å². The fraction of sp³-hybridized carbons (Fsp3) is 0.600. The van der Waals surface area contributed by atoms with Crippen molar-refractivity contribution in [2.24, 2.45) is 0 Å². The van der Waals surface area contributed by atoms with Gasteiger partial charge in [0, 0.05) is 9.85 Å². The zero-order valence-electron chi connectivity index (χ0n) is 8.53. The maximum Gasteiger partial charge on any atom is 0.100 e. The Morgan fingerprint density at radius 3 is 2.93 bits per heavy atom. The Labute approximate surface area is 102 Å². The summed E-state index contributed by atoms with van der Waals surface area (Å²) in [7, 11) is 1.95. The number of hydrogen-bond acceptors (Lipinski definition) is 4. The molecule has 0 aliphatic carbocycles. The molecule has 3 nitrogen and oxygen atoms in total. The predicted octanol–water partition coefficient (Wildman–Crippen LogP) is 2.19. The largest absolute Gasteiger partial charge is 0.376 e. The summed E-state index contributed by atoms with van der Waals surface area (Å²) in [4.78, 5) is 0. The van der Waals surface area contributed by atoms with Crippen LogP contribution in [0.2, 0.25) is 0 Å². The highest BCUT2D eigenvalue weighted by atomic mass is 79.9. The highest BCUT2D eigenvalue weighted by Gasteiger charge is 2.27. The molecule has 1 aliphatic rings. The minimum absolute atomic E-state index is 0.106. The Bertz CT molecular complexity index is 312. The summed E-state index contributed by atoms with van der Waals surface area (Å²) in [5.74, 6) is 0. The third-order valence-corrected chi connectivity index (χ3v) is 4.25. The molecule has 1 aromatic rings. The van der Waals surface area contributed by atoms with Crippen molar-refractivity contribution < 1.29 is 9.47 Å². The Morgan fingerprint density at radius 1 is 1.53 bits per heavy atom. The highest BCUT2D eigenvalue weighted by molar-refractivity contribution is 9.10. The van der Waals surface area contributed by atoms with E-state index in [1.165, 1.54) is 5.56 Å². The van der Waals surface area contributed by atoms with E-state index in [0.717, 1.165) is 4.47 Å². The zero-order valence-corrected chi connectivity index (χ0v) is 10.9. The summed E-state index contributed by atoms with van der Waals surface area (Å²) in [5.41, 5.74) is 1.25. The molecule has 0 saturated carbocycles. The van der Waals surface area contributed by atoms with Gasteiger partial charge < -0.3 is 14.8 Å². The Balaban J connectivity index is 2.12. The molecule has 0 spiro atoms. The second-order valence-corrected chi connectivity index (χ2v) is 5.02. The molecule has 1 aliphatic heterocycles. The van der Waals surface area contributed by atoms with Crippen LogP contribution in [0.5, 0.6) is 0 Å². The van der Waals surface area contributed by atoms with Crippen LogP contribution in [-0.4, -0.2) is 33.0 Å². The zero-order chi connectivity index (χ0) is 10.7. The summed E-state index contributed by atoms with van der Waals surface area (Å²) in [6, 6.07) is 0.200. The quantitative estimate of drug-likeness (QED) is 0.926. The first kappa shape index (κ1) is 11.5. The van der Waals surface area contributed by atoms with Crippen LogP contribution in [0.3, 0.4) is 0 Å². The van der Waals surface area contributed by atoms with Crippen LogP contribution in [0.15, 0.2) is 15.2 Å². The summed E-state index contributed by atoms with van der Waals surface area (Å²) in [5, 5.41) is 7.52. The van der Waals surface area contributed by atoms with Crippen molar-refractivity contribution in [3.05, 3.63) is 20.8 Å². The second kappa shape index (κ2) is 5.41. The molecular weight excluding hydrogens is 278 g/mol. The monoisotopic (exact) mass is 291 g/mol.